The van der Waals surface area contributed by atoms with Gasteiger partial charge in [0.15, 0.2) is 0 Å². The number of rotatable bonds is 12. The lowest BCUT2D eigenvalue weighted by Gasteiger charge is -2.28. The second-order valence-electron chi connectivity index (χ2n) is 11.7. The molecule has 0 bridgehead atoms. The Labute approximate surface area is 262 Å². The Morgan fingerprint density at radius 1 is 1.02 bits per heavy atom. The summed E-state index contributed by atoms with van der Waals surface area (Å²) < 4.78 is 16.1. The first-order valence-corrected chi connectivity index (χ1v) is 16.0. The molecule has 0 radical (unpaired) electrons. The highest BCUT2D eigenvalue weighted by Crippen LogP contribution is 2.32. The predicted octanol–water partition coefficient (Wildman–Crippen LogP) is 5.28. The lowest BCUT2D eigenvalue weighted by molar-refractivity contribution is -0.185. The number of esters is 2. The molecule has 5 rings (SSSR count). The molecule has 1 unspecified atom stereocenters. The third-order valence-electron chi connectivity index (χ3n) is 8.13. The highest BCUT2D eigenvalue weighted by atomic mass is 32.1. The van der Waals surface area contributed by atoms with Gasteiger partial charge in [-0.05, 0) is 80.1 Å². The lowest BCUT2D eigenvalue weighted by atomic mass is 10.0. The number of ether oxygens (including phenoxy) is 3. The number of amides is 1. The molecule has 2 heterocycles. The summed E-state index contributed by atoms with van der Waals surface area (Å²) in [7, 11) is 0. The fourth-order valence-electron chi connectivity index (χ4n) is 5.55. The van der Waals surface area contributed by atoms with Crippen molar-refractivity contribution < 1.29 is 28.6 Å². The van der Waals surface area contributed by atoms with E-state index < -0.39 is 12.3 Å². The van der Waals surface area contributed by atoms with E-state index in [1.54, 1.807) is 18.3 Å². The molecule has 4 atom stereocenters. The maximum Gasteiger partial charge on any atom is 0.312 e. The first kappa shape index (κ1) is 31.7. The van der Waals surface area contributed by atoms with Crippen LogP contribution < -0.4 is 20.7 Å². The van der Waals surface area contributed by atoms with E-state index in [9.17, 15) is 14.4 Å². The van der Waals surface area contributed by atoms with Gasteiger partial charge in [0.2, 0.25) is 6.29 Å². The number of carbonyl (C=O) groups is 3. The standard InChI is InChI=1S/C34H41N3O6S/c1-20-8-11-28(43-29-17-35-18-29)16-31(20)33(39)37-21(2)24-6-5-7-25(14-24)32-13-12-30(44-32)19-36-27-10-9-26(15-27)34(40)42-23(4)41-22(3)38/h5-8,11-14,16,21,23,26-27,29,35-36H,9-10,15,17-19H2,1-4H3,(H,37,39)/t21-,23?,26-,27+/m1/s1. The Kier molecular flexibility index (Phi) is 10.3. The van der Waals surface area contributed by atoms with Crippen LogP contribution in [-0.2, 0) is 25.6 Å². The highest BCUT2D eigenvalue weighted by molar-refractivity contribution is 7.15. The van der Waals surface area contributed by atoms with Crippen LogP contribution in [0.1, 0.15) is 72.4 Å². The van der Waals surface area contributed by atoms with Gasteiger partial charge in [-0.2, -0.15) is 0 Å². The van der Waals surface area contributed by atoms with E-state index in [1.807, 2.05) is 44.2 Å². The molecule has 3 aromatic rings. The minimum atomic E-state index is -0.870. The number of hydrogen-bond donors (Lipinski definition) is 3. The Balaban J connectivity index is 1.13. The topological polar surface area (TPSA) is 115 Å². The zero-order valence-electron chi connectivity index (χ0n) is 25.7. The van der Waals surface area contributed by atoms with E-state index in [0.717, 1.165) is 47.5 Å². The van der Waals surface area contributed by atoms with Gasteiger partial charge in [-0.15, -0.1) is 11.3 Å². The maximum atomic E-state index is 13.2. The normalized spacial score (nSPS) is 19.5. The van der Waals surface area contributed by atoms with Crippen molar-refractivity contribution in [3.8, 4) is 16.2 Å². The molecule has 2 aromatic carbocycles. The van der Waals surface area contributed by atoms with Gasteiger partial charge >= 0.3 is 11.9 Å². The summed E-state index contributed by atoms with van der Waals surface area (Å²) in [6.45, 7) is 9.14. The van der Waals surface area contributed by atoms with Gasteiger partial charge in [-0.25, -0.2) is 0 Å². The van der Waals surface area contributed by atoms with Crippen molar-refractivity contribution >= 4 is 29.2 Å². The molecule has 3 N–H and O–H groups in total. The second kappa shape index (κ2) is 14.4. The van der Waals surface area contributed by atoms with Crippen LogP contribution in [0.3, 0.4) is 0 Å². The van der Waals surface area contributed by atoms with Crippen LogP contribution in [0.2, 0.25) is 0 Å². The van der Waals surface area contributed by atoms with Gasteiger partial charge in [0, 0.05) is 54.8 Å². The molecule has 2 fully saturated rings. The molecule has 9 nitrogen and oxygen atoms in total. The zero-order valence-corrected chi connectivity index (χ0v) is 26.5. The number of carbonyl (C=O) groups excluding carboxylic acids is 3. The molecule has 1 aliphatic carbocycles. The minimum absolute atomic E-state index is 0.122. The predicted molar refractivity (Wildman–Crippen MR) is 169 cm³/mol. The van der Waals surface area contributed by atoms with Gasteiger partial charge in [0.05, 0.1) is 12.0 Å². The number of hydrogen-bond acceptors (Lipinski definition) is 9. The summed E-state index contributed by atoms with van der Waals surface area (Å²) in [5.74, 6) is -0.388. The number of aryl methyl sites for hydroxylation is 1. The largest absolute Gasteiger partial charge is 0.488 e. The summed E-state index contributed by atoms with van der Waals surface area (Å²) in [6.07, 6.45) is 1.62. The van der Waals surface area contributed by atoms with Gasteiger partial charge in [0.25, 0.3) is 5.91 Å². The van der Waals surface area contributed by atoms with Crippen LogP contribution >= 0.6 is 11.3 Å². The first-order chi connectivity index (χ1) is 21.1. The van der Waals surface area contributed by atoms with Crippen LogP contribution in [0, 0.1) is 12.8 Å². The fourth-order valence-corrected chi connectivity index (χ4v) is 6.50. The third-order valence-corrected chi connectivity index (χ3v) is 9.26. The van der Waals surface area contributed by atoms with Crippen LogP contribution in [0.5, 0.6) is 5.75 Å². The SMILES string of the molecule is CC(=O)OC(C)OC(=O)[C@@H]1CC[C@H](NCc2ccc(-c3cccc([C@@H](C)NC(=O)c4cc(OC5CNC5)ccc4C)c3)s2)C1. The molecule has 1 amide bonds. The van der Waals surface area contributed by atoms with Crippen LogP contribution in [0.4, 0.5) is 0 Å². The van der Waals surface area contributed by atoms with Crippen LogP contribution in [-0.4, -0.2) is 49.4 Å². The van der Waals surface area contributed by atoms with Gasteiger partial charge in [-0.1, -0.05) is 24.3 Å². The number of nitrogens with one attached hydrogen (secondary N) is 3. The van der Waals surface area contributed by atoms with Crippen molar-refractivity contribution in [3.05, 3.63) is 76.2 Å². The molecule has 2 aliphatic rings. The van der Waals surface area contributed by atoms with Crippen molar-refractivity contribution in [2.45, 2.75) is 78.0 Å². The zero-order chi connectivity index (χ0) is 31.2. The Morgan fingerprint density at radius 3 is 2.59 bits per heavy atom. The molecule has 0 spiro atoms. The van der Waals surface area contributed by atoms with Crippen molar-refractivity contribution in [2.75, 3.05) is 13.1 Å². The molecule has 44 heavy (non-hydrogen) atoms. The van der Waals surface area contributed by atoms with Crippen LogP contribution in [0.25, 0.3) is 10.4 Å². The van der Waals surface area contributed by atoms with E-state index in [4.69, 9.17) is 14.2 Å². The van der Waals surface area contributed by atoms with E-state index >= 15 is 0 Å². The summed E-state index contributed by atoms with van der Waals surface area (Å²) in [4.78, 5) is 39.1. The van der Waals surface area contributed by atoms with Crippen molar-refractivity contribution in [1.82, 2.24) is 16.0 Å². The van der Waals surface area contributed by atoms with E-state index in [1.165, 1.54) is 11.8 Å². The molecule has 10 heteroatoms. The quantitative estimate of drug-likeness (QED) is 0.186. The van der Waals surface area contributed by atoms with Gasteiger partial charge in [0.1, 0.15) is 11.9 Å². The number of benzene rings is 2. The van der Waals surface area contributed by atoms with E-state index in [-0.39, 0.29) is 36.0 Å². The molecule has 1 aromatic heterocycles. The summed E-state index contributed by atoms with van der Waals surface area (Å²) in [5, 5.41) is 9.93. The average Bonchev–Trinajstić information content (AvgIpc) is 3.64. The molecule has 234 valence electrons. The maximum absolute atomic E-state index is 13.2. The van der Waals surface area contributed by atoms with Crippen molar-refractivity contribution in [3.63, 3.8) is 0 Å². The first-order valence-electron chi connectivity index (χ1n) is 15.2. The van der Waals surface area contributed by atoms with Gasteiger partial charge < -0.3 is 30.2 Å². The summed E-state index contributed by atoms with van der Waals surface area (Å²) in [5.41, 5.74) is 3.66. The van der Waals surface area contributed by atoms with E-state index in [2.05, 4.69) is 40.2 Å². The Bertz CT molecular complexity index is 1490. The highest BCUT2D eigenvalue weighted by Gasteiger charge is 2.32. The van der Waals surface area contributed by atoms with Crippen molar-refractivity contribution in [1.29, 1.82) is 0 Å². The number of thiophene rings is 1. The lowest BCUT2D eigenvalue weighted by Crippen LogP contribution is -2.50. The van der Waals surface area contributed by atoms with Gasteiger partial charge in [-0.3, -0.25) is 14.4 Å². The van der Waals surface area contributed by atoms with Crippen LogP contribution in [0.15, 0.2) is 54.6 Å². The third kappa shape index (κ3) is 8.25. The van der Waals surface area contributed by atoms with Crippen molar-refractivity contribution in [2.24, 2.45) is 5.92 Å². The Hall–Kier alpha value is -3.73. The smallest absolute Gasteiger partial charge is 0.312 e. The molecule has 1 aliphatic heterocycles. The van der Waals surface area contributed by atoms with E-state index in [0.29, 0.717) is 24.3 Å². The second-order valence-corrected chi connectivity index (χ2v) is 12.8. The Morgan fingerprint density at radius 2 is 1.84 bits per heavy atom. The molecule has 1 saturated heterocycles. The average molecular weight is 620 g/mol. The minimum Gasteiger partial charge on any atom is -0.488 e. The fraction of sp³-hybridized carbons (Fsp3) is 0.441. The summed E-state index contributed by atoms with van der Waals surface area (Å²) >= 11 is 1.73. The monoisotopic (exact) mass is 619 g/mol. The molecule has 1 saturated carbocycles. The summed E-state index contributed by atoms with van der Waals surface area (Å²) in [6, 6.07) is 18.3. The molecular weight excluding hydrogens is 578 g/mol. The molecular formula is C34H41N3O6S.